The van der Waals surface area contributed by atoms with Gasteiger partial charge in [-0.15, -0.1) is 0 Å². The summed E-state index contributed by atoms with van der Waals surface area (Å²) in [5.41, 5.74) is 0. The van der Waals surface area contributed by atoms with Crippen LogP contribution in [0.5, 0.6) is 0 Å². The number of rotatable bonds is 3. The second kappa shape index (κ2) is 4.68. The quantitative estimate of drug-likeness (QED) is 0.614. The van der Waals surface area contributed by atoms with Crippen molar-refractivity contribution >= 4 is 0 Å². The lowest BCUT2D eigenvalue weighted by Gasteiger charge is -2.13. The smallest absolute Gasteiger partial charge is 0.0412 e. The van der Waals surface area contributed by atoms with Gasteiger partial charge < -0.3 is 0 Å². The molecular weight excluding hydrogens is 168 g/mol. The molecule has 4 atom stereocenters. The molecule has 82 valence electrons. The summed E-state index contributed by atoms with van der Waals surface area (Å²) in [6.07, 6.45) is 12.2. The fourth-order valence-corrected chi connectivity index (χ4v) is 3.65. The second-order valence-electron chi connectivity index (χ2n) is 6.15. The van der Waals surface area contributed by atoms with E-state index in [0.29, 0.717) is 0 Å². The minimum atomic E-state index is 1.03. The summed E-state index contributed by atoms with van der Waals surface area (Å²) in [6, 6.07) is 0. The van der Waals surface area contributed by atoms with E-state index < -0.39 is 0 Å². The number of hydrogen-bond donors (Lipinski definition) is 0. The van der Waals surface area contributed by atoms with Gasteiger partial charge in [0.2, 0.25) is 0 Å². The van der Waals surface area contributed by atoms with Crippen molar-refractivity contribution in [2.75, 3.05) is 0 Å². The van der Waals surface area contributed by atoms with Gasteiger partial charge in [-0.2, -0.15) is 0 Å². The van der Waals surface area contributed by atoms with Crippen LogP contribution in [0.3, 0.4) is 0 Å². The Morgan fingerprint density at radius 3 is 1.43 bits per heavy atom. The molecule has 0 saturated heterocycles. The van der Waals surface area contributed by atoms with Gasteiger partial charge in [0.25, 0.3) is 0 Å². The summed E-state index contributed by atoms with van der Waals surface area (Å²) in [6.45, 7) is 4.86. The van der Waals surface area contributed by atoms with E-state index in [1.54, 1.807) is 12.8 Å². The molecule has 0 heteroatoms. The van der Waals surface area contributed by atoms with E-state index >= 15 is 0 Å². The molecule has 0 heterocycles. The Kier molecular flexibility index (Phi) is 3.52. The van der Waals surface area contributed by atoms with Crippen molar-refractivity contribution in [3.8, 4) is 0 Å². The number of hydrogen-bond acceptors (Lipinski definition) is 0. The first-order chi connectivity index (χ1) is 6.74. The van der Waals surface area contributed by atoms with Crippen LogP contribution >= 0.6 is 0 Å². The molecule has 2 saturated carbocycles. The Morgan fingerprint density at radius 1 is 0.714 bits per heavy atom. The van der Waals surface area contributed by atoms with Gasteiger partial charge in [-0.1, -0.05) is 52.4 Å². The molecule has 0 N–H and O–H groups in total. The van der Waals surface area contributed by atoms with E-state index in [9.17, 15) is 0 Å². The maximum absolute atomic E-state index is 2.43. The summed E-state index contributed by atoms with van der Waals surface area (Å²) in [7, 11) is 0. The lowest BCUT2D eigenvalue weighted by atomic mass is 9.93. The maximum atomic E-state index is 2.43. The second-order valence-corrected chi connectivity index (χ2v) is 6.15. The van der Waals surface area contributed by atoms with Crippen LogP contribution in [0.2, 0.25) is 0 Å². The monoisotopic (exact) mass is 194 g/mol. The summed E-state index contributed by atoms with van der Waals surface area (Å²) in [5.74, 6) is 4.26. The predicted octanol–water partition coefficient (Wildman–Crippen LogP) is 4.64. The van der Waals surface area contributed by atoms with Gasteiger partial charge in [-0.25, -0.2) is 0 Å². The highest BCUT2D eigenvalue weighted by Crippen LogP contribution is 2.38. The van der Waals surface area contributed by atoms with E-state index in [0.717, 1.165) is 23.7 Å². The van der Waals surface area contributed by atoms with Crippen LogP contribution in [0.4, 0.5) is 0 Å². The van der Waals surface area contributed by atoms with Crippen LogP contribution in [0.1, 0.15) is 65.2 Å². The van der Waals surface area contributed by atoms with Crippen LogP contribution < -0.4 is 0 Å². The van der Waals surface area contributed by atoms with Crippen molar-refractivity contribution in [2.24, 2.45) is 23.7 Å². The average molecular weight is 194 g/mol. The van der Waals surface area contributed by atoms with Gasteiger partial charge in [-0.05, 0) is 36.5 Å². The van der Waals surface area contributed by atoms with Crippen molar-refractivity contribution in [3.63, 3.8) is 0 Å². The summed E-state index contributed by atoms with van der Waals surface area (Å²) < 4.78 is 0. The van der Waals surface area contributed by atoms with E-state index in [-0.39, 0.29) is 0 Å². The van der Waals surface area contributed by atoms with Gasteiger partial charge in [0, 0.05) is 0 Å². The molecule has 0 aliphatic heterocycles. The molecule has 0 nitrogen and oxygen atoms in total. The molecule has 0 amide bonds. The van der Waals surface area contributed by atoms with Gasteiger partial charge >= 0.3 is 0 Å². The molecule has 0 aromatic carbocycles. The zero-order valence-electron chi connectivity index (χ0n) is 9.97. The fourth-order valence-electron chi connectivity index (χ4n) is 3.65. The van der Waals surface area contributed by atoms with Gasteiger partial charge in [0.15, 0.2) is 0 Å². The molecule has 2 aliphatic rings. The van der Waals surface area contributed by atoms with Crippen molar-refractivity contribution in [1.82, 2.24) is 0 Å². The first kappa shape index (κ1) is 10.5. The van der Waals surface area contributed by atoms with Crippen molar-refractivity contribution in [3.05, 3.63) is 0 Å². The third kappa shape index (κ3) is 2.74. The average Bonchev–Trinajstić information content (AvgIpc) is 2.72. The fraction of sp³-hybridized carbons (Fsp3) is 1.00. The standard InChI is InChI=1S/C14H26/c1-11-3-5-13(9-11)7-8-14-6-4-12(2)10-14/h11-14H,3-10H2,1-2H3/t11-,12?,13+,14+/m0/s1. The lowest BCUT2D eigenvalue weighted by Crippen LogP contribution is -2.00. The SMILES string of the molecule is CC1CC[C@H](CC[C@H]2CC[C@H](C)C2)C1. The largest absolute Gasteiger partial charge is 0.0625 e. The van der Waals surface area contributed by atoms with Gasteiger partial charge in [-0.3, -0.25) is 0 Å². The van der Waals surface area contributed by atoms with Crippen LogP contribution in [-0.4, -0.2) is 0 Å². The third-order valence-corrected chi connectivity index (χ3v) is 4.59. The summed E-state index contributed by atoms with van der Waals surface area (Å²) in [4.78, 5) is 0. The molecule has 0 bridgehead atoms. The first-order valence-electron chi connectivity index (χ1n) is 6.74. The van der Waals surface area contributed by atoms with Crippen molar-refractivity contribution < 1.29 is 0 Å². The van der Waals surface area contributed by atoms with Crippen LogP contribution in [-0.2, 0) is 0 Å². The Bertz CT molecular complexity index is 153. The normalized spacial score (nSPS) is 43.3. The minimum absolute atomic E-state index is 1.03. The van der Waals surface area contributed by atoms with Crippen molar-refractivity contribution in [1.29, 1.82) is 0 Å². The van der Waals surface area contributed by atoms with E-state index in [1.807, 2.05) is 0 Å². The Balaban J connectivity index is 1.63. The highest BCUT2D eigenvalue weighted by atomic mass is 14.3. The van der Waals surface area contributed by atoms with E-state index in [1.165, 1.54) is 38.5 Å². The summed E-state index contributed by atoms with van der Waals surface area (Å²) in [5, 5.41) is 0. The molecular formula is C14H26. The topological polar surface area (TPSA) is 0 Å². The van der Waals surface area contributed by atoms with E-state index in [2.05, 4.69) is 13.8 Å². The maximum Gasteiger partial charge on any atom is -0.0412 e. The zero-order chi connectivity index (χ0) is 9.97. The van der Waals surface area contributed by atoms with Gasteiger partial charge in [0.05, 0.1) is 0 Å². The zero-order valence-corrected chi connectivity index (χ0v) is 9.97. The third-order valence-electron chi connectivity index (χ3n) is 4.59. The highest BCUT2D eigenvalue weighted by molar-refractivity contribution is 4.77. The molecule has 1 unspecified atom stereocenters. The molecule has 2 fully saturated rings. The Hall–Kier alpha value is 0. The summed E-state index contributed by atoms with van der Waals surface area (Å²) >= 11 is 0. The Morgan fingerprint density at radius 2 is 1.14 bits per heavy atom. The molecule has 0 spiro atoms. The molecule has 2 rings (SSSR count). The lowest BCUT2D eigenvalue weighted by molar-refractivity contribution is 0.388. The Labute approximate surface area is 89.5 Å². The van der Waals surface area contributed by atoms with Gasteiger partial charge in [0.1, 0.15) is 0 Å². The first-order valence-corrected chi connectivity index (χ1v) is 6.74. The molecule has 0 radical (unpaired) electrons. The van der Waals surface area contributed by atoms with Crippen LogP contribution in [0.15, 0.2) is 0 Å². The molecule has 0 aromatic heterocycles. The van der Waals surface area contributed by atoms with Crippen LogP contribution in [0.25, 0.3) is 0 Å². The predicted molar refractivity (Wildman–Crippen MR) is 62.2 cm³/mol. The molecule has 0 aromatic rings. The highest BCUT2D eigenvalue weighted by Gasteiger charge is 2.25. The minimum Gasteiger partial charge on any atom is -0.0625 e. The van der Waals surface area contributed by atoms with Crippen molar-refractivity contribution in [2.45, 2.75) is 65.2 Å². The van der Waals surface area contributed by atoms with E-state index in [4.69, 9.17) is 0 Å². The molecule has 2 aliphatic carbocycles. The van der Waals surface area contributed by atoms with Crippen LogP contribution in [0, 0.1) is 23.7 Å². The molecule has 14 heavy (non-hydrogen) atoms.